The van der Waals surface area contributed by atoms with Gasteiger partial charge in [-0.05, 0) is 23.3 Å². The smallest absolute Gasteiger partial charge is 0.449 e. The summed E-state index contributed by atoms with van der Waals surface area (Å²) in [5.41, 5.74) is 1.47. The summed E-state index contributed by atoms with van der Waals surface area (Å²) < 4.78 is 41.0. The third kappa shape index (κ3) is 2.85. The van der Waals surface area contributed by atoms with Crippen molar-refractivity contribution in [2.24, 2.45) is 0 Å². The van der Waals surface area contributed by atoms with E-state index in [1.165, 1.54) is 6.07 Å². The lowest BCUT2D eigenvalue weighted by Gasteiger charge is -2.26. The zero-order chi connectivity index (χ0) is 14.0. The van der Waals surface area contributed by atoms with E-state index in [2.05, 4.69) is 10.1 Å². The van der Waals surface area contributed by atoms with Crippen molar-refractivity contribution in [1.29, 1.82) is 5.26 Å². The van der Waals surface area contributed by atoms with E-state index in [0.29, 0.717) is 23.2 Å². The van der Waals surface area contributed by atoms with Crippen LogP contribution >= 0.6 is 0 Å². The third-order valence-corrected chi connectivity index (χ3v) is 2.75. The molecular weight excluding hydrogens is 261 g/mol. The summed E-state index contributed by atoms with van der Waals surface area (Å²) in [6.07, 6.45) is -6.06. The lowest BCUT2D eigenvalue weighted by Crippen LogP contribution is -2.34. The molecule has 0 saturated carbocycles. The first-order valence-electron chi connectivity index (χ1n) is 5.43. The van der Waals surface area contributed by atoms with Crippen LogP contribution in [-0.2, 0) is 16.1 Å². The second-order valence-electron chi connectivity index (χ2n) is 4.05. The van der Waals surface area contributed by atoms with Gasteiger partial charge in [0, 0.05) is 13.1 Å². The molecule has 1 aromatic rings. The number of halogens is 3. The molecule has 19 heavy (non-hydrogen) atoms. The Bertz CT molecular complexity index is 549. The van der Waals surface area contributed by atoms with E-state index < -0.39 is 18.2 Å². The van der Waals surface area contributed by atoms with Gasteiger partial charge in [0.15, 0.2) is 0 Å². The highest BCUT2D eigenvalue weighted by atomic mass is 19.4. The van der Waals surface area contributed by atoms with Gasteiger partial charge in [0.25, 0.3) is 0 Å². The van der Waals surface area contributed by atoms with E-state index in [0.717, 1.165) is 0 Å². The number of fused-ring (bicyclic) bond motifs is 1. The molecule has 0 aromatic heterocycles. The van der Waals surface area contributed by atoms with Crippen molar-refractivity contribution < 1.29 is 22.7 Å². The standard InChI is InChI=1S/C12H9F3N2O2/c13-12(14,15)11(18)19-10-6-17-5-8-2-1-7(4-16)3-9(8)10/h1-3,10,17H,5-6H2. The van der Waals surface area contributed by atoms with Crippen LogP contribution in [0.3, 0.4) is 0 Å². The maximum Gasteiger partial charge on any atom is 0.490 e. The molecule has 4 nitrogen and oxygen atoms in total. The molecule has 0 spiro atoms. The summed E-state index contributed by atoms with van der Waals surface area (Å²) >= 11 is 0. The quantitative estimate of drug-likeness (QED) is 0.790. The second kappa shape index (κ2) is 4.90. The first-order chi connectivity index (χ1) is 8.91. The molecule has 1 aliphatic rings. The molecule has 0 amide bonds. The van der Waals surface area contributed by atoms with Gasteiger partial charge in [-0.2, -0.15) is 18.4 Å². The van der Waals surface area contributed by atoms with Crippen LogP contribution in [0.25, 0.3) is 0 Å². The van der Waals surface area contributed by atoms with Gasteiger partial charge in [-0.15, -0.1) is 0 Å². The van der Waals surface area contributed by atoms with Crippen molar-refractivity contribution in [2.75, 3.05) is 6.54 Å². The average molecular weight is 270 g/mol. The number of carbonyl (C=O) groups is 1. The molecule has 0 saturated heterocycles. The minimum absolute atomic E-state index is 0.0870. The van der Waals surface area contributed by atoms with Crippen LogP contribution in [-0.4, -0.2) is 18.7 Å². The normalized spacial score (nSPS) is 18.3. The van der Waals surface area contributed by atoms with Crippen LogP contribution in [0.5, 0.6) is 0 Å². The van der Waals surface area contributed by atoms with Crippen LogP contribution in [0.15, 0.2) is 18.2 Å². The van der Waals surface area contributed by atoms with Gasteiger partial charge in [-0.1, -0.05) is 6.07 Å². The second-order valence-corrected chi connectivity index (χ2v) is 4.05. The molecule has 1 aromatic carbocycles. The highest BCUT2D eigenvalue weighted by molar-refractivity contribution is 5.76. The zero-order valence-corrected chi connectivity index (χ0v) is 9.62. The average Bonchev–Trinajstić information content (AvgIpc) is 2.37. The number of alkyl halides is 3. The highest BCUT2D eigenvalue weighted by Gasteiger charge is 2.43. The molecule has 1 atom stereocenters. The van der Waals surface area contributed by atoms with E-state index in [9.17, 15) is 18.0 Å². The van der Waals surface area contributed by atoms with Gasteiger partial charge in [0.2, 0.25) is 0 Å². The molecule has 0 fully saturated rings. The Balaban J connectivity index is 2.27. The predicted molar refractivity (Wildman–Crippen MR) is 57.8 cm³/mol. The molecule has 0 radical (unpaired) electrons. The number of rotatable bonds is 1. The number of benzene rings is 1. The fourth-order valence-electron chi connectivity index (χ4n) is 1.87. The molecular formula is C12H9F3N2O2. The van der Waals surface area contributed by atoms with Crippen molar-refractivity contribution in [3.63, 3.8) is 0 Å². The van der Waals surface area contributed by atoms with Crippen LogP contribution in [0.2, 0.25) is 0 Å². The Hall–Kier alpha value is -2.07. The number of hydrogen-bond acceptors (Lipinski definition) is 4. The van der Waals surface area contributed by atoms with E-state index in [-0.39, 0.29) is 6.54 Å². The number of hydrogen-bond donors (Lipinski definition) is 1. The summed E-state index contributed by atoms with van der Waals surface area (Å²) in [4.78, 5) is 10.9. The number of ether oxygens (including phenoxy) is 1. The summed E-state index contributed by atoms with van der Waals surface area (Å²) in [6.45, 7) is 0.546. The zero-order valence-electron chi connectivity index (χ0n) is 9.62. The Labute approximate surface area is 106 Å². The van der Waals surface area contributed by atoms with Gasteiger partial charge in [0.05, 0.1) is 11.6 Å². The summed E-state index contributed by atoms with van der Waals surface area (Å²) in [6, 6.07) is 6.54. The Morgan fingerprint density at radius 3 is 2.84 bits per heavy atom. The van der Waals surface area contributed by atoms with Gasteiger partial charge in [-0.3, -0.25) is 0 Å². The Morgan fingerprint density at radius 2 is 2.21 bits per heavy atom. The molecule has 1 heterocycles. The van der Waals surface area contributed by atoms with E-state index in [1.54, 1.807) is 12.1 Å². The van der Waals surface area contributed by atoms with Crippen LogP contribution in [0.1, 0.15) is 22.8 Å². The number of nitrogens with zero attached hydrogens (tertiary/aromatic N) is 1. The number of esters is 1. The highest BCUT2D eigenvalue weighted by Crippen LogP contribution is 2.29. The van der Waals surface area contributed by atoms with Crippen molar-refractivity contribution in [1.82, 2.24) is 5.32 Å². The van der Waals surface area contributed by atoms with E-state index in [4.69, 9.17) is 5.26 Å². The lowest BCUT2D eigenvalue weighted by atomic mass is 9.96. The summed E-state index contributed by atoms with van der Waals surface area (Å²) in [5.74, 6) is -2.23. The Morgan fingerprint density at radius 1 is 1.47 bits per heavy atom. The fourth-order valence-corrected chi connectivity index (χ4v) is 1.87. The minimum Gasteiger partial charge on any atom is -0.449 e. The van der Waals surface area contributed by atoms with Crippen LogP contribution in [0.4, 0.5) is 13.2 Å². The molecule has 0 aliphatic carbocycles. The van der Waals surface area contributed by atoms with Gasteiger partial charge in [-0.25, -0.2) is 4.79 Å². The monoisotopic (exact) mass is 270 g/mol. The molecule has 2 rings (SSSR count). The van der Waals surface area contributed by atoms with Crippen LogP contribution in [0, 0.1) is 11.3 Å². The topological polar surface area (TPSA) is 62.1 Å². The predicted octanol–water partition coefficient (Wildman–Crippen LogP) is 1.81. The van der Waals surface area contributed by atoms with Crippen molar-refractivity contribution >= 4 is 5.97 Å². The van der Waals surface area contributed by atoms with Gasteiger partial charge >= 0.3 is 12.1 Å². The molecule has 100 valence electrons. The molecule has 0 bridgehead atoms. The Kier molecular flexibility index (Phi) is 3.44. The van der Waals surface area contributed by atoms with Crippen molar-refractivity contribution in [3.05, 3.63) is 34.9 Å². The SMILES string of the molecule is N#Cc1ccc2c(c1)C(OC(=O)C(F)(F)F)CNC2. The lowest BCUT2D eigenvalue weighted by molar-refractivity contribution is -0.205. The molecule has 1 unspecified atom stereocenters. The molecule has 7 heteroatoms. The van der Waals surface area contributed by atoms with Gasteiger partial charge in [0.1, 0.15) is 6.10 Å². The van der Waals surface area contributed by atoms with Crippen molar-refractivity contribution in [2.45, 2.75) is 18.8 Å². The minimum atomic E-state index is -5.02. The van der Waals surface area contributed by atoms with Crippen LogP contribution < -0.4 is 5.32 Å². The van der Waals surface area contributed by atoms with Gasteiger partial charge < -0.3 is 10.1 Å². The number of carbonyl (C=O) groups excluding carboxylic acids is 1. The third-order valence-electron chi connectivity index (χ3n) is 2.75. The molecule has 1 N–H and O–H groups in total. The summed E-state index contributed by atoms with van der Waals surface area (Å²) in [5, 5.41) is 11.6. The van der Waals surface area contributed by atoms with E-state index >= 15 is 0 Å². The molecule has 1 aliphatic heterocycles. The number of nitrogens with one attached hydrogen (secondary N) is 1. The summed E-state index contributed by atoms with van der Waals surface area (Å²) in [7, 11) is 0. The largest absolute Gasteiger partial charge is 0.490 e. The fraction of sp³-hybridized carbons (Fsp3) is 0.333. The van der Waals surface area contributed by atoms with Crippen molar-refractivity contribution in [3.8, 4) is 6.07 Å². The number of nitriles is 1. The first-order valence-corrected chi connectivity index (χ1v) is 5.43. The van der Waals surface area contributed by atoms with E-state index in [1.807, 2.05) is 6.07 Å². The maximum absolute atomic E-state index is 12.2. The maximum atomic E-state index is 12.2. The first kappa shape index (κ1) is 13.4.